The van der Waals surface area contributed by atoms with Crippen molar-refractivity contribution in [2.45, 2.75) is 0 Å². The molecular formula is C39H20N2O2. The van der Waals surface area contributed by atoms with Crippen LogP contribution in [0.25, 0.3) is 104 Å². The predicted octanol–water partition coefficient (Wildman–Crippen LogP) is 10.9. The fourth-order valence-corrected chi connectivity index (χ4v) is 7.41. The van der Waals surface area contributed by atoms with Crippen LogP contribution in [0.3, 0.4) is 0 Å². The summed E-state index contributed by atoms with van der Waals surface area (Å²) in [6.45, 7) is 0. The number of fused-ring (bicyclic) bond motifs is 14. The van der Waals surface area contributed by atoms with Gasteiger partial charge in [-0.25, -0.2) is 4.98 Å². The van der Waals surface area contributed by atoms with Gasteiger partial charge in [-0.1, -0.05) is 66.7 Å². The van der Waals surface area contributed by atoms with Crippen molar-refractivity contribution >= 4 is 93.0 Å². The summed E-state index contributed by atoms with van der Waals surface area (Å²) in [5.41, 5.74) is 10.2. The molecule has 5 aromatic heterocycles. The molecule has 198 valence electrons. The predicted molar refractivity (Wildman–Crippen MR) is 176 cm³/mol. The van der Waals surface area contributed by atoms with Gasteiger partial charge in [0.1, 0.15) is 28.0 Å². The molecule has 11 aromatic rings. The van der Waals surface area contributed by atoms with Gasteiger partial charge in [-0.15, -0.1) is 0 Å². The van der Waals surface area contributed by atoms with E-state index in [4.69, 9.17) is 13.8 Å². The lowest BCUT2D eigenvalue weighted by atomic mass is 9.98. The normalized spacial score (nSPS) is 12.7. The zero-order valence-corrected chi connectivity index (χ0v) is 22.8. The minimum Gasteiger partial charge on any atom is -0.456 e. The van der Waals surface area contributed by atoms with Crippen LogP contribution in [-0.4, -0.2) is 9.38 Å². The third kappa shape index (κ3) is 2.69. The molecule has 0 unspecified atom stereocenters. The molecule has 4 nitrogen and oxygen atoms in total. The minimum absolute atomic E-state index is 0.901. The Morgan fingerprint density at radius 2 is 1.19 bits per heavy atom. The number of hydrogen-bond acceptors (Lipinski definition) is 3. The van der Waals surface area contributed by atoms with E-state index in [9.17, 15) is 0 Å². The lowest BCUT2D eigenvalue weighted by molar-refractivity contribution is 0.669. The lowest BCUT2D eigenvalue weighted by Crippen LogP contribution is -1.86. The number of furan rings is 2. The van der Waals surface area contributed by atoms with Gasteiger partial charge in [-0.3, -0.25) is 4.40 Å². The second kappa shape index (κ2) is 7.50. The third-order valence-electron chi connectivity index (χ3n) is 9.29. The van der Waals surface area contributed by atoms with E-state index in [0.717, 1.165) is 87.8 Å². The second-order valence-electron chi connectivity index (χ2n) is 11.5. The van der Waals surface area contributed by atoms with Crippen LogP contribution >= 0.6 is 0 Å². The third-order valence-corrected chi connectivity index (χ3v) is 9.29. The average Bonchev–Trinajstić information content (AvgIpc) is 3.78. The molecule has 5 heterocycles. The van der Waals surface area contributed by atoms with Crippen LogP contribution in [0, 0.1) is 0 Å². The Hall–Kier alpha value is -5.87. The zero-order chi connectivity index (χ0) is 27.8. The highest BCUT2D eigenvalue weighted by atomic mass is 16.3. The van der Waals surface area contributed by atoms with Crippen molar-refractivity contribution in [3.8, 4) is 11.1 Å². The van der Waals surface area contributed by atoms with Crippen molar-refractivity contribution < 1.29 is 8.83 Å². The largest absolute Gasteiger partial charge is 0.456 e. The van der Waals surface area contributed by atoms with E-state index in [1.54, 1.807) is 0 Å². The van der Waals surface area contributed by atoms with Crippen molar-refractivity contribution in [3.63, 3.8) is 0 Å². The quantitative estimate of drug-likeness (QED) is 0.205. The highest BCUT2D eigenvalue weighted by Gasteiger charge is 2.24. The average molecular weight is 549 g/mol. The van der Waals surface area contributed by atoms with Crippen LogP contribution in [-0.2, 0) is 0 Å². The smallest absolute Gasteiger partial charge is 0.146 e. The molecule has 0 saturated heterocycles. The Balaban J connectivity index is 1.30. The summed E-state index contributed by atoms with van der Waals surface area (Å²) in [5.74, 6) is 0. The van der Waals surface area contributed by atoms with Gasteiger partial charge < -0.3 is 8.83 Å². The maximum atomic E-state index is 6.50. The number of nitrogens with zero attached hydrogens (tertiary/aromatic N) is 2. The maximum absolute atomic E-state index is 6.50. The van der Waals surface area contributed by atoms with Crippen LogP contribution in [0.1, 0.15) is 0 Å². The standard InChI is InChI=1S/C39H20N2O2/c1-4-10-30-23(7-1)18-28-27-20-35-36(26-9-3-6-12-33(26)43-35)37-29-17-21(14-16-31(29)41(38(27)37)39(28)40-30)22-13-15-25-24-8-2-5-11-32(24)42-34(25)19-22/h1-20H. The first-order valence-electron chi connectivity index (χ1n) is 14.5. The van der Waals surface area contributed by atoms with E-state index < -0.39 is 0 Å². The van der Waals surface area contributed by atoms with E-state index >= 15 is 0 Å². The van der Waals surface area contributed by atoms with Gasteiger partial charge in [0, 0.05) is 48.5 Å². The molecule has 6 aromatic carbocycles. The summed E-state index contributed by atoms with van der Waals surface area (Å²) >= 11 is 0. The van der Waals surface area contributed by atoms with Gasteiger partial charge in [0.2, 0.25) is 0 Å². The fraction of sp³-hybridized carbons (Fsp3) is 0. The van der Waals surface area contributed by atoms with Crippen molar-refractivity contribution in [1.82, 2.24) is 9.38 Å². The molecule has 0 spiro atoms. The highest BCUT2D eigenvalue weighted by Crippen LogP contribution is 2.46. The van der Waals surface area contributed by atoms with E-state index in [2.05, 4.69) is 108 Å². The molecule has 11 rings (SSSR count). The van der Waals surface area contributed by atoms with Gasteiger partial charge in [-0.2, -0.15) is 0 Å². The van der Waals surface area contributed by atoms with E-state index in [1.165, 1.54) is 16.3 Å². The van der Waals surface area contributed by atoms with E-state index in [1.807, 2.05) is 18.2 Å². The SMILES string of the molecule is c1ccc2nc3c(cc2c1)c1cc2oc4ccccc4c2c2c4cc(-c5ccc6c(c5)oc5ccccc56)ccc4n3c12. The summed E-state index contributed by atoms with van der Waals surface area (Å²) in [6, 6.07) is 42.8. The molecular weight excluding hydrogens is 528 g/mol. The molecule has 0 aliphatic rings. The number of hydrogen-bond donors (Lipinski definition) is 0. The molecule has 0 bridgehead atoms. The van der Waals surface area contributed by atoms with Gasteiger partial charge in [0.15, 0.2) is 0 Å². The molecule has 0 aliphatic heterocycles. The van der Waals surface area contributed by atoms with Gasteiger partial charge >= 0.3 is 0 Å². The summed E-state index contributed by atoms with van der Waals surface area (Å²) in [7, 11) is 0. The Morgan fingerprint density at radius 1 is 0.465 bits per heavy atom. The highest BCUT2D eigenvalue weighted by molar-refractivity contribution is 6.35. The van der Waals surface area contributed by atoms with Crippen LogP contribution in [0.5, 0.6) is 0 Å². The molecule has 0 saturated carbocycles. The fourth-order valence-electron chi connectivity index (χ4n) is 7.41. The lowest BCUT2D eigenvalue weighted by Gasteiger charge is -2.05. The monoisotopic (exact) mass is 548 g/mol. The number of pyridine rings is 1. The first kappa shape index (κ1) is 21.8. The summed E-state index contributed by atoms with van der Waals surface area (Å²) in [5, 5.41) is 10.4. The number of benzene rings is 6. The topological polar surface area (TPSA) is 43.6 Å². The Bertz CT molecular complexity index is 2960. The van der Waals surface area contributed by atoms with Crippen molar-refractivity contribution in [3.05, 3.63) is 121 Å². The summed E-state index contributed by atoms with van der Waals surface area (Å²) in [6.07, 6.45) is 0. The Labute approximate surface area is 243 Å². The Morgan fingerprint density at radius 3 is 2.12 bits per heavy atom. The molecule has 0 N–H and O–H groups in total. The molecule has 0 aliphatic carbocycles. The minimum atomic E-state index is 0.901. The van der Waals surface area contributed by atoms with Crippen LogP contribution in [0.4, 0.5) is 0 Å². The molecule has 0 radical (unpaired) electrons. The van der Waals surface area contributed by atoms with Crippen LogP contribution in [0.15, 0.2) is 130 Å². The van der Waals surface area contributed by atoms with Gasteiger partial charge in [0.25, 0.3) is 0 Å². The van der Waals surface area contributed by atoms with E-state index in [-0.39, 0.29) is 0 Å². The molecule has 0 atom stereocenters. The van der Waals surface area contributed by atoms with Gasteiger partial charge in [0.05, 0.1) is 16.6 Å². The maximum Gasteiger partial charge on any atom is 0.146 e. The first-order chi connectivity index (χ1) is 21.3. The number of para-hydroxylation sites is 3. The first-order valence-corrected chi connectivity index (χ1v) is 14.5. The zero-order valence-electron chi connectivity index (χ0n) is 22.8. The molecule has 0 amide bonds. The van der Waals surface area contributed by atoms with Gasteiger partial charge in [-0.05, 0) is 65.7 Å². The number of aromatic nitrogens is 2. The molecule has 4 heteroatoms. The van der Waals surface area contributed by atoms with Crippen molar-refractivity contribution in [2.24, 2.45) is 0 Å². The number of rotatable bonds is 1. The second-order valence-corrected chi connectivity index (χ2v) is 11.5. The Kier molecular flexibility index (Phi) is 3.80. The van der Waals surface area contributed by atoms with Crippen LogP contribution < -0.4 is 0 Å². The molecule has 0 fully saturated rings. The van der Waals surface area contributed by atoms with Crippen molar-refractivity contribution in [2.75, 3.05) is 0 Å². The van der Waals surface area contributed by atoms with Crippen molar-refractivity contribution in [1.29, 1.82) is 0 Å². The summed E-state index contributed by atoms with van der Waals surface area (Å²) < 4.78 is 15.1. The van der Waals surface area contributed by atoms with Crippen LogP contribution in [0.2, 0.25) is 0 Å². The van der Waals surface area contributed by atoms with E-state index in [0.29, 0.717) is 0 Å². The summed E-state index contributed by atoms with van der Waals surface area (Å²) in [4.78, 5) is 5.21. The molecule has 43 heavy (non-hydrogen) atoms.